The molecule has 0 heterocycles. The van der Waals surface area contributed by atoms with Crippen LogP contribution in [0.15, 0.2) is 5.18 Å². The minimum absolute atomic E-state index is 0.157. The maximum Gasteiger partial charge on any atom is 0.120 e. The highest BCUT2D eigenvalue weighted by atomic mass is 16.3. The fourth-order valence-corrected chi connectivity index (χ4v) is 1.15. The number of carbonyl (C=O) groups is 1. The molecular weight excluding hydrogens is 142 g/mol. The van der Waals surface area contributed by atoms with Gasteiger partial charge in [0.15, 0.2) is 0 Å². The molecule has 0 rings (SSSR count). The maximum atomic E-state index is 10.1. The van der Waals surface area contributed by atoms with E-state index in [9.17, 15) is 9.70 Å². The highest BCUT2D eigenvalue weighted by molar-refractivity contribution is 5.49. The van der Waals surface area contributed by atoms with Crippen molar-refractivity contribution in [3.05, 3.63) is 4.91 Å². The Hall–Kier alpha value is -0.730. The molecule has 0 spiro atoms. The molecule has 1 atom stereocenters. The topological polar surface area (TPSA) is 46.5 Å². The minimum atomic E-state index is 0.157. The first-order chi connectivity index (χ1) is 5.20. The first-order valence-electron chi connectivity index (χ1n) is 3.93. The van der Waals surface area contributed by atoms with E-state index in [1.807, 2.05) is 0 Å². The summed E-state index contributed by atoms with van der Waals surface area (Å²) in [5, 5.41) is 2.80. The van der Waals surface area contributed by atoms with Crippen molar-refractivity contribution in [2.45, 2.75) is 26.7 Å². The zero-order valence-corrected chi connectivity index (χ0v) is 7.12. The molecule has 0 saturated heterocycles. The van der Waals surface area contributed by atoms with Crippen LogP contribution in [0.25, 0.3) is 0 Å². The van der Waals surface area contributed by atoms with Gasteiger partial charge in [0.1, 0.15) is 6.29 Å². The van der Waals surface area contributed by atoms with Crippen LogP contribution in [0.1, 0.15) is 26.7 Å². The summed E-state index contributed by atoms with van der Waals surface area (Å²) in [6.07, 6.45) is 2.23. The highest BCUT2D eigenvalue weighted by Gasteiger charge is 2.09. The van der Waals surface area contributed by atoms with Gasteiger partial charge in [-0.2, -0.15) is 4.91 Å². The third-order valence-corrected chi connectivity index (χ3v) is 1.57. The Balaban J connectivity index is 3.67. The van der Waals surface area contributed by atoms with E-state index in [2.05, 4.69) is 19.0 Å². The van der Waals surface area contributed by atoms with Gasteiger partial charge in [0.05, 0.1) is 6.54 Å². The average Bonchev–Trinajstić information content (AvgIpc) is 1.87. The summed E-state index contributed by atoms with van der Waals surface area (Å²) >= 11 is 0. The van der Waals surface area contributed by atoms with Crippen LogP contribution in [-0.2, 0) is 4.79 Å². The monoisotopic (exact) mass is 157 g/mol. The predicted molar refractivity (Wildman–Crippen MR) is 44.3 cm³/mol. The van der Waals surface area contributed by atoms with Crippen LogP contribution in [0.3, 0.4) is 0 Å². The number of hydrogen-bond donors (Lipinski definition) is 0. The molecule has 0 aliphatic rings. The van der Waals surface area contributed by atoms with Gasteiger partial charge >= 0.3 is 0 Å². The molecule has 0 aromatic heterocycles. The molecule has 3 heteroatoms. The van der Waals surface area contributed by atoms with Gasteiger partial charge in [0, 0.05) is 6.42 Å². The molecule has 3 nitrogen and oxygen atoms in total. The number of rotatable bonds is 6. The Labute approximate surface area is 67.2 Å². The van der Waals surface area contributed by atoms with Crippen molar-refractivity contribution in [1.29, 1.82) is 0 Å². The van der Waals surface area contributed by atoms with Crippen molar-refractivity contribution in [2.75, 3.05) is 6.54 Å². The molecule has 0 aliphatic carbocycles. The molecule has 64 valence electrons. The fraction of sp³-hybridized carbons (Fsp3) is 0.875. The molecule has 0 aliphatic heterocycles. The first-order valence-corrected chi connectivity index (χ1v) is 3.93. The summed E-state index contributed by atoms with van der Waals surface area (Å²) < 4.78 is 0. The second-order valence-electron chi connectivity index (χ2n) is 3.21. The number of carbonyl (C=O) groups excluding carboxylic acids is 1. The second-order valence-corrected chi connectivity index (χ2v) is 3.21. The Bertz CT molecular complexity index is 113. The Morgan fingerprint density at radius 2 is 2.09 bits per heavy atom. The van der Waals surface area contributed by atoms with Crippen molar-refractivity contribution in [3.63, 3.8) is 0 Å². The van der Waals surface area contributed by atoms with Gasteiger partial charge in [-0.05, 0) is 18.3 Å². The summed E-state index contributed by atoms with van der Waals surface area (Å²) in [6, 6.07) is 0. The van der Waals surface area contributed by atoms with E-state index in [1.165, 1.54) is 0 Å². The quantitative estimate of drug-likeness (QED) is 0.437. The van der Waals surface area contributed by atoms with Gasteiger partial charge in [-0.15, -0.1) is 0 Å². The Kier molecular flexibility index (Phi) is 5.61. The molecule has 0 bridgehead atoms. The van der Waals surface area contributed by atoms with Gasteiger partial charge in [-0.1, -0.05) is 19.0 Å². The molecule has 1 unspecified atom stereocenters. The number of hydrogen-bond acceptors (Lipinski definition) is 3. The second kappa shape index (κ2) is 6.01. The molecule has 0 fully saturated rings. The number of nitroso groups, excluding NO2 is 1. The van der Waals surface area contributed by atoms with E-state index in [1.54, 1.807) is 0 Å². The Morgan fingerprint density at radius 3 is 2.45 bits per heavy atom. The summed E-state index contributed by atoms with van der Waals surface area (Å²) in [5.74, 6) is 0.687. The summed E-state index contributed by atoms with van der Waals surface area (Å²) in [5.41, 5.74) is 0. The largest absolute Gasteiger partial charge is 0.303 e. The zero-order valence-electron chi connectivity index (χ0n) is 7.12. The predicted octanol–water partition coefficient (Wildman–Crippen LogP) is 2.00. The van der Waals surface area contributed by atoms with E-state index in [0.717, 1.165) is 12.7 Å². The van der Waals surface area contributed by atoms with Crippen LogP contribution in [0, 0.1) is 16.7 Å². The molecule has 0 N–H and O–H groups in total. The van der Waals surface area contributed by atoms with Gasteiger partial charge < -0.3 is 4.79 Å². The van der Waals surface area contributed by atoms with E-state index in [4.69, 9.17) is 0 Å². The third-order valence-electron chi connectivity index (χ3n) is 1.57. The van der Waals surface area contributed by atoms with Gasteiger partial charge in [0.25, 0.3) is 0 Å². The molecule has 0 amide bonds. The van der Waals surface area contributed by atoms with Crippen LogP contribution < -0.4 is 0 Å². The van der Waals surface area contributed by atoms with Crippen molar-refractivity contribution >= 4 is 6.29 Å². The lowest BCUT2D eigenvalue weighted by Gasteiger charge is -2.11. The van der Waals surface area contributed by atoms with Gasteiger partial charge in [-0.25, -0.2) is 0 Å². The van der Waals surface area contributed by atoms with Crippen LogP contribution in [0.5, 0.6) is 0 Å². The van der Waals surface area contributed by atoms with E-state index < -0.39 is 0 Å². The van der Waals surface area contributed by atoms with Crippen molar-refractivity contribution in [2.24, 2.45) is 17.0 Å². The van der Waals surface area contributed by atoms with Crippen LogP contribution >= 0.6 is 0 Å². The first kappa shape index (κ1) is 10.3. The smallest absolute Gasteiger partial charge is 0.120 e. The van der Waals surface area contributed by atoms with Crippen molar-refractivity contribution in [3.8, 4) is 0 Å². The van der Waals surface area contributed by atoms with Crippen LogP contribution in [0.4, 0.5) is 0 Å². The van der Waals surface area contributed by atoms with Crippen molar-refractivity contribution in [1.82, 2.24) is 0 Å². The molecule has 0 saturated carbocycles. The summed E-state index contributed by atoms with van der Waals surface area (Å²) in [7, 11) is 0. The number of aldehydes is 1. The minimum Gasteiger partial charge on any atom is -0.303 e. The molecule has 0 aromatic rings. The SMILES string of the molecule is CC(C)CC(CC=O)CN=O. The fourth-order valence-electron chi connectivity index (χ4n) is 1.15. The summed E-state index contributed by atoms with van der Waals surface area (Å²) in [6.45, 7) is 4.42. The molecule has 0 aromatic carbocycles. The zero-order chi connectivity index (χ0) is 8.69. The standard InChI is InChI=1S/C8H15NO2/c1-7(2)5-8(3-4-10)6-9-11/h4,7-8H,3,5-6H2,1-2H3. The van der Waals surface area contributed by atoms with E-state index >= 15 is 0 Å². The molecular formula is C8H15NO2. The van der Waals surface area contributed by atoms with Gasteiger partial charge in [-0.3, -0.25) is 0 Å². The van der Waals surface area contributed by atoms with E-state index in [-0.39, 0.29) is 12.5 Å². The Morgan fingerprint density at radius 1 is 1.45 bits per heavy atom. The third kappa shape index (κ3) is 5.70. The maximum absolute atomic E-state index is 10.1. The lowest BCUT2D eigenvalue weighted by molar-refractivity contribution is -0.108. The van der Waals surface area contributed by atoms with Crippen LogP contribution in [0.2, 0.25) is 0 Å². The lowest BCUT2D eigenvalue weighted by Crippen LogP contribution is -2.08. The van der Waals surface area contributed by atoms with Gasteiger partial charge in [0.2, 0.25) is 0 Å². The lowest BCUT2D eigenvalue weighted by atomic mass is 9.95. The van der Waals surface area contributed by atoms with E-state index in [0.29, 0.717) is 12.3 Å². The summed E-state index contributed by atoms with van der Waals surface area (Å²) in [4.78, 5) is 20.0. The molecule has 11 heavy (non-hydrogen) atoms. The van der Waals surface area contributed by atoms with Crippen molar-refractivity contribution < 1.29 is 4.79 Å². The normalized spacial score (nSPS) is 13.0. The average molecular weight is 157 g/mol. The number of nitrogens with zero attached hydrogens (tertiary/aromatic N) is 1. The van der Waals surface area contributed by atoms with Crippen LogP contribution in [-0.4, -0.2) is 12.8 Å². The highest BCUT2D eigenvalue weighted by Crippen LogP contribution is 2.14. The molecule has 0 radical (unpaired) electrons.